The van der Waals surface area contributed by atoms with Crippen LogP contribution >= 0.6 is 0 Å². The van der Waals surface area contributed by atoms with Crippen LogP contribution in [0.2, 0.25) is 0 Å². The number of amides is 1. The largest absolute Gasteiger partial charge is 0.379 e. The molecule has 0 aromatic carbocycles. The fraction of sp³-hybridized carbons (Fsp3) is 0.647. The van der Waals surface area contributed by atoms with Gasteiger partial charge in [-0.25, -0.2) is 4.98 Å². The van der Waals surface area contributed by atoms with E-state index in [0.29, 0.717) is 18.0 Å². The minimum Gasteiger partial charge on any atom is -0.379 e. The summed E-state index contributed by atoms with van der Waals surface area (Å²) in [5, 5.41) is 6.21. The molecular formula is C17H28N4O2. The molecule has 2 N–H and O–H groups in total. The van der Waals surface area contributed by atoms with E-state index in [0.717, 1.165) is 51.6 Å². The lowest BCUT2D eigenvalue weighted by Crippen LogP contribution is -2.39. The lowest BCUT2D eigenvalue weighted by Gasteiger charge is -2.26. The van der Waals surface area contributed by atoms with Crippen molar-refractivity contribution in [2.75, 3.05) is 51.3 Å². The van der Waals surface area contributed by atoms with E-state index >= 15 is 0 Å². The minimum atomic E-state index is -0.0574. The molecule has 1 saturated heterocycles. The normalized spacial score (nSPS) is 15.6. The Labute approximate surface area is 138 Å². The first-order valence-corrected chi connectivity index (χ1v) is 8.43. The summed E-state index contributed by atoms with van der Waals surface area (Å²) in [6.45, 7) is 10.4. The second-order valence-electron chi connectivity index (χ2n) is 6.25. The van der Waals surface area contributed by atoms with Gasteiger partial charge in [0.15, 0.2) is 0 Å². The predicted octanol–water partition coefficient (Wildman–Crippen LogP) is 1.60. The molecule has 2 rings (SSSR count). The van der Waals surface area contributed by atoms with E-state index in [2.05, 4.69) is 34.4 Å². The SMILES string of the molecule is CC(C)CCNC(=O)c1ccc(NCCN2CCOCC2)nc1. The standard InChI is InChI=1S/C17H28N4O2/c1-14(2)5-6-19-17(22)15-3-4-16(20-13-15)18-7-8-21-9-11-23-12-10-21/h3-4,13-14H,5-12H2,1-2H3,(H,18,20)(H,19,22). The van der Waals surface area contributed by atoms with Crippen molar-refractivity contribution in [3.8, 4) is 0 Å². The average molecular weight is 320 g/mol. The number of rotatable bonds is 8. The summed E-state index contributed by atoms with van der Waals surface area (Å²) in [6, 6.07) is 3.67. The second kappa shape index (κ2) is 9.47. The summed E-state index contributed by atoms with van der Waals surface area (Å²) >= 11 is 0. The molecule has 0 bridgehead atoms. The lowest BCUT2D eigenvalue weighted by molar-refractivity contribution is 0.0398. The minimum absolute atomic E-state index is 0.0574. The first kappa shape index (κ1) is 17.7. The molecule has 2 heterocycles. The summed E-state index contributed by atoms with van der Waals surface area (Å²) in [4.78, 5) is 18.6. The van der Waals surface area contributed by atoms with E-state index in [1.807, 2.05) is 12.1 Å². The van der Waals surface area contributed by atoms with E-state index < -0.39 is 0 Å². The summed E-state index contributed by atoms with van der Waals surface area (Å²) in [5.74, 6) is 1.33. The zero-order chi connectivity index (χ0) is 16.5. The fourth-order valence-corrected chi connectivity index (χ4v) is 2.38. The van der Waals surface area contributed by atoms with Gasteiger partial charge in [0.05, 0.1) is 18.8 Å². The third kappa shape index (κ3) is 6.54. The van der Waals surface area contributed by atoms with Crippen LogP contribution < -0.4 is 10.6 Å². The van der Waals surface area contributed by atoms with Gasteiger partial charge in [-0.05, 0) is 24.5 Å². The second-order valence-corrected chi connectivity index (χ2v) is 6.25. The summed E-state index contributed by atoms with van der Waals surface area (Å²) < 4.78 is 5.33. The van der Waals surface area contributed by atoms with Gasteiger partial charge in [0.25, 0.3) is 5.91 Å². The number of hydrogen-bond acceptors (Lipinski definition) is 5. The number of ether oxygens (including phenoxy) is 1. The number of anilines is 1. The Morgan fingerprint density at radius 2 is 2.09 bits per heavy atom. The van der Waals surface area contributed by atoms with Gasteiger partial charge < -0.3 is 15.4 Å². The Balaban J connectivity index is 1.70. The quantitative estimate of drug-likeness (QED) is 0.762. The van der Waals surface area contributed by atoms with Crippen LogP contribution in [-0.4, -0.2) is 61.7 Å². The van der Waals surface area contributed by atoms with Crippen LogP contribution in [0.1, 0.15) is 30.6 Å². The molecule has 23 heavy (non-hydrogen) atoms. The highest BCUT2D eigenvalue weighted by molar-refractivity contribution is 5.94. The monoisotopic (exact) mass is 320 g/mol. The maximum absolute atomic E-state index is 12.0. The Morgan fingerprint density at radius 3 is 2.74 bits per heavy atom. The maximum atomic E-state index is 12.0. The highest BCUT2D eigenvalue weighted by Gasteiger charge is 2.10. The topological polar surface area (TPSA) is 66.5 Å². The van der Waals surface area contributed by atoms with Gasteiger partial charge in [-0.1, -0.05) is 13.8 Å². The van der Waals surface area contributed by atoms with E-state index in [4.69, 9.17) is 4.74 Å². The van der Waals surface area contributed by atoms with Crippen molar-refractivity contribution in [3.05, 3.63) is 23.9 Å². The Bertz CT molecular complexity index is 470. The van der Waals surface area contributed by atoms with Gasteiger partial charge in [-0.15, -0.1) is 0 Å². The summed E-state index contributed by atoms with van der Waals surface area (Å²) in [6.07, 6.45) is 2.61. The Hall–Kier alpha value is -1.66. The molecule has 6 nitrogen and oxygen atoms in total. The van der Waals surface area contributed by atoms with Gasteiger partial charge in [-0.2, -0.15) is 0 Å². The van der Waals surface area contributed by atoms with Crippen LogP contribution in [0.3, 0.4) is 0 Å². The molecule has 1 aromatic heterocycles. The summed E-state index contributed by atoms with van der Waals surface area (Å²) in [7, 11) is 0. The van der Waals surface area contributed by atoms with Crippen LogP contribution in [0.15, 0.2) is 18.3 Å². The van der Waals surface area contributed by atoms with Crippen molar-refractivity contribution in [2.45, 2.75) is 20.3 Å². The zero-order valence-electron chi connectivity index (χ0n) is 14.2. The van der Waals surface area contributed by atoms with E-state index in [9.17, 15) is 4.79 Å². The van der Waals surface area contributed by atoms with Crippen LogP contribution in [0.5, 0.6) is 0 Å². The van der Waals surface area contributed by atoms with Crippen molar-refractivity contribution in [2.24, 2.45) is 5.92 Å². The van der Waals surface area contributed by atoms with Gasteiger partial charge >= 0.3 is 0 Å². The zero-order valence-corrected chi connectivity index (χ0v) is 14.2. The number of hydrogen-bond donors (Lipinski definition) is 2. The number of pyridine rings is 1. The van der Waals surface area contributed by atoms with Gasteiger partial charge in [-0.3, -0.25) is 9.69 Å². The molecule has 128 valence electrons. The highest BCUT2D eigenvalue weighted by atomic mass is 16.5. The Morgan fingerprint density at radius 1 is 1.30 bits per heavy atom. The number of nitrogens with one attached hydrogen (secondary N) is 2. The van der Waals surface area contributed by atoms with Crippen LogP contribution in [0.4, 0.5) is 5.82 Å². The molecule has 0 atom stereocenters. The van der Waals surface area contributed by atoms with Crippen LogP contribution in [0, 0.1) is 5.92 Å². The Kier molecular flexibility index (Phi) is 7.29. The number of carbonyl (C=O) groups is 1. The first-order chi connectivity index (χ1) is 11.1. The van der Waals surface area contributed by atoms with E-state index in [1.165, 1.54) is 0 Å². The third-order valence-electron chi connectivity index (χ3n) is 3.87. The fourth-order valence-electron chi connectivity index (χ4n) is 2.38. The first-order valence-electron chi connectivity index (χ1n) is 8.43. The van der Waals surface area contributed by atoms with Crippen LogP contribution in [0.25, 0.3) is 0 Å². The molecule has 0 unspecified atom stereocenters. The molecule has 6 heteroatoms. The van der Waals surface area contributed by atoms with Crippen molar-refractivity contribution >= 4 is 11.7 Å². The van der Waals surface area contributed by atoms with E-state index in [-0.39, 0.29) is 5.91 Å². The molecule has 0 spiro atoms. The molecule has 1 aliphatic rings. The highest BCUT2D eigenvalue weighted by Crippen LogP contribution is 2.06. The third-order valence-corrected chi connectivity index (χ3v) is 3.87. The molecule has 1 aromatic rings. The van der Waals surface area contributed by atoms with Gasteiger partial charge in [0, 0.05) is 38.9 Å². The molecule has 0 aliphatic carbocycles. The van der Waals surface area contributed by atoms with Crippen LogP contribution in [-0.2, 0) is 4.74 Å². The van der Waals surface area contributed by atoms with Gasteiger partial charge in [0.1, 0.15) is 5.82 Å². The number of carbonyl (C=O) groups excluding carboxylic acids is 1. The number of nitrogens with zero attached hydrogens (tertiary/aromatic N) is 2. The maximum Gasteiger partial charge on any atom is 0.252 e. The molecule has 0 radical (unpaired) electrons. The molecule has 1 amide bonds. The van der Waals surface area contributed by atoms with Crippen molar-refractivity contribution in [1.29, 1.82) is 0 Å². The predicted molar refractivity (Wildman–Crippen MR) is 91.8 cm³/mol. The van der Waals surface area contributed by atoms with Gasteiger partial charge in [0.2, 0.25) is 0 Å². The van der Waals surface area contributed by atoms with Crippen molar-refractivity contribution < 1.29 is 9.53 Å². The molecule has 1 aliphatic heterocycles. The number of morpholine rings is 1. The van der Waals surface area contributed by atoms with E-state index in [1.54, 1.807) is 6.20 Å². The molecular weight excluding hydrogens is 292 g/mol. The summed E-state index contributed by atoms with van der Waals surface area (Å²) in [5.41, 5.74) is 0.604. The van der Waals surface area contributed by atoms with Crippen molar-refractivity contribution in [3.63, 3.8) is 0 Å². The lowest BCUT2D eigenvalue weighted by atomic mass is 10.1. The molecule has 0 saturated carbocycles. The van der Waals surface area contributed by atoms with Crippen molar-refractivity contribution in [1.82, 2.24) is 15.2 Å². The smallest absolute Gasteiger partial charge is 0.252 e. The number of aromatic nitrogens is 1. The average Bonchev–Trinajstić information content (AvgIpc) is 2.56. The molecule has 1 fully saturated rings.